The summed E-state index contributed by atoms with van der Waals surface area (Å²) in [7, 11) is 1.60. The molecule has 0 bridgehead atoms. The number of benzene rings is 1. The summed E-state index contributed by atoms with van der Waals surface area (Å²) in [5.41, 5.74) is 1.06. The number of nitrogens with zero attached hydrogens (tertiary/aromatic N) is 2. The van der Waals surface area contributed by atoms with E-state index >= 15 is 0 Å². The minimum atomic E-state index is -0.193. The summed E-state index contributed by atoms with van der Waals surface area (Å²) in [6.07, 6.45) is 0. The molecule has 0 aromatic heterocycles. The highest BCUT2D eigenvalue weighted by Gasteiger charge is 2.21. The second-order valence-electron chi connectivity index (χ2n) is 5.79. The zero-order valence-corrected chi connectivity index (χ0v) is 15.2. The first-order valence-electron chi connectivity index (χ1n) is 8.35. The first kappa shape index (κ1) is 19.5. The number of piperazine rings is 1. The second kappa shape index (κ2) is 10.2. The predicted molar refractivity (Wildman–Crippen MR) is 98.0 cm³/mol. The van der Waals surface area contributed by atoms with E-state index in [9.17, 15) is 9.59 Å². The molecule has 0 aliphatic carbocycles. The van der Waals surface area contributed by atoms with Crippen LogP contribution >= 0.6 is 11.6 Å². The molecule has 1 saturated heterocycles. The predicted octanol–water partition coefficient (Wildman–Crippen LogP) is 0.341. The minimum absolute atomic E-state index is 0.0297. The summed E-state index contributed by atoms with van der Waals surface area (Å²) in [5.74, 6) is -0.252. The van der Waals surface area contributed by atoms with Crippen molar-refractivity contribution < 1.29 is 14.3 Å². The van der Waals surface area contributed by atoms with Crippen molar-refractivity contribution in [3.05, 3.63) is 29.3 Å². The largest absolute Gasteiger partial charge is 0.383 e. The molecule has 0 atom stereocenters. The van der Waals surface area contributed by atoms with Gasteiger partial charge in [-0.05, 0) is 18.2 Å². The lowest BCUT2D eigenvalue weighted by Gasteiger charge is -2.36. The number of carbonyl (C=O) groups is 2. The van der Waals surface area contributed by atoms with Crippen LogP contribution in [0.3, 0.4) is 0 Å². The van der Waals surface area contributed by atoms with Gasteiger partial charge in [0, 0.05) is 50.5 Å². The van der Waals surface area contributed by atoms with E-state index in [0.717, 1.165) is 18.8 Å². The number of rotatable bonds is 8. The van der Waals surface area contributed by atoms with Gasteiger partial charge in [0.25, 0.3) is 0 Å². The monoisotopic (exact) mass is 368 g/mol. The van der Waals surface area contributed by atoms with E-state index < -0.39 is 0 Å². The summed E-state index contributed by atoms with van der Waals surface area (Å²) in [4.78, 5) is 27.8. The van der Waals surface area contributed by atoms with Gasteiger partial charge in [0.05, 0.1) is 19.7 Å². The number of hydrogen-bond donors (Lipinski definition) is 2. The van der Waals surface area contributed by atoms with Crippen molar-refractivity contribution >= 4 is 29.1 Å². The summed E-state index contributed by atoms with van der Waals surface area (Å²) < 4.78 is 4.88. The smallest absolute Gasteiger partial charge is 0.242 e. The molecule has 25 heavy (non-hydrogen) atoms. The first-order valence-corrected chi connectivity index (χ1v) is 8.72. The van der Waals surface area contributed by atoms with Crippen LogP contribution in [0.4, 0.5) is 5.69 Å². The molecular weight excluding hydrogens is 344 g/mol. The number of anilines is 1. The van der Waals surface area contributed by atoms with Gasteiger partial charge in [-0.1, -0.05) is 17.7 Å². The maximum Gasteiger partial charge on any atom is 0.242 e. The van der Waals surface area contributed by atoms with Crippen LogP contribution < -0.4 is 15.5 Å². The quantitative estimate of drug-likeness (QED) is 0.647. The van der Waals surface area contributed by atoms with Gasteiger partial charge in [0.1, 0.15) is 0 Å². The number of methoxy groups -OCH3 is 1. The van der Waals surface area contributed by atoms with Crippen LogP contribution in [0.1, 0.15) is 0 Å². The number of carbonyl (C=O) groups excluding carboxylic acids is 2. The van der Waals surface area contributed by atoms with Crippen LogP contribution in [0.2, 0.25) is 5.02 Å². The first-order chi connectivity index (χ1) is 12.1. The molecule has 0 saturated carbocycles. The average Bonchev–Trinajstić information content (AvgIpc) is 2.63. The third-order valence-corrected chi connectivity index (χ3v) is 4.25. The molecule has 1 fully saturated rings. The number of nitrogens with one attached hydrogen (secondary N) is 2. The number of hydrogen-bond acceptors (Lipinski definition) is 5. The lowest BCUT2D eigenvalue weighted by atomic mass is 10.2. The molecule has 2 amide bonds. The van der Waals surface area contributed by atoms with Crippen molar-refractivity contribution in [1.29, 1.82) is 0 Å². The second-order valence-corrected chi connectivity index (χ2v) is 6.23. The number of amides is 2. The maximum atomic E-state index is 12.2. The molecule has 1 aromatic carbocycles. The zero-order chi connectivity index (χ0) is 18.1. The molecule has 138 valence electrons. The van der Waals surface area contributed by atoms with Gasteiger partial charge < -0.3 is 25.2 Å². The van der Waals surface area contributed by atoms with Crippen LogP contribution in [-0.4, -0.2) is 76.2 Å². The van der Waals surface area contributed by atoms with E-state index in [2.05, 4.69) is 15.5 Å². The summed E-state index contributed by atoms with van der Waals surface area (Å²) in [6.45, 7) is 4.12. The molecular formula is C17H25ClN4O3. The highest BCUT2D eigenvalue weighted by Crippen LogP contribution is 2.20. The lowest BCUT2D eigenvalue weighted by molar-refractivity contribution is -0.132. The lowest BCUT2D eigenvalue weighted by Crippen LogP contribution is -2.51. The van der Waals surface area contributed by atoms with Gasteiger partial charge in [-0.3, -0.25) is 9.59 Å². The topological polar surface area (TPSA) is 73.9 Å². The third kappa shape index (κ3) is 6.53. The van der Waals surface area contributed by atoms with Crippen molar-refractivity contribution in [3.63, 3.8) is 0 Å². The van der Waals surface area contributed by atoms with Crippen LogP contribution in [-0.2, 0) is 14.3 Å². The van der Waals surface area contributed by atoms with Gasteiger partial charge in [-0.2, -0.15) is 0 Å². The Morgan fingerprint density at radius 3 is 2.64 bits per heavy atom. The van der Waals surface area contributed by atoms with Crippen molar-refractivity contribution in [2.75, 3.05) is 64.4 Å². The average molecular weight is 369 g/mol. The highest BCUT2D eigenvalue weighted by atomic mass is 35.5. The van der Waals surface area contributed by atoms with E-state index in [0.29, 0.717) is 31.3 Å². The molecule has 2 rings (SSSR count). The molecule has 8 heteroatoms. The Hall–Kier alpha value is -1.83. The summed E-state index contributed by atoms with van der Waals surface area (Å²) >= 11 is 6.02. The van der Waals surface area contributed by atoms with E-state index in [4.69, 9.17) is 16.3 Å². The number of ether oxygens (including phenoxy) is 1. The Bertz CT molecular complexity index is 577. The van der Waals surface area contributed by atoms with Crippen LogP contribution in [0.5, 0.6) is 0 Å². The highest BCUT2D eigenvalue weighted by molar-refractivity contribution is 6.30. The van der Waals surface area contributed by atoms with Gasteiger partial charge in [0.2, 0.25) is 11.8 Å². The molecule has 0 unspecified atom stereocenters. The maximum absolute atomic E-state index is 12.2. The zero-order valence-electron chi connectivity index (χ0n) is 14.5. The van der Waals surface area contributed by atoms with Gasteiger partial charge in [-0.25, -0.2) is 0 Å². The summed E-state index contributed by atoms with van der Waals surface area (Å²) in [6, 6.07) is 7.71. The Balaban J connectivity index is 1.68. The molecule has 1 aliphatic rings. The van der Waals surface area contributed by atoms with Crippen LogP contribution in [0.15, 0.2) is 24.3 Å². The van der Waals surface area contributed by atoms with Crippen molar-refractivity contribution in [2.24, 2.45) is 0 Å². The van der Waals surface area contributed by atoms with Crippen molar-refractivity contribution in [1.82, 2.24) is 15.5 Å². The normalized spacial score (nSPS) is 14.5. The van der Waals surface area contributed by atoms with E-state index in [1.807, 2.05) is 24.3 Å². The Morgan fingerprint density at radius 1 is 1.20 bits per heavy atom. The van der Waals surface area contributed by atoms with E-state index in [1.165, 1.54) is 0 Å². The fourth-order valence-corrected chi connectivity index (χ4v) is 2.80. The molecule has 0 radical (unpaired) electrons. The molecule has 1 aliphatic heterocycles. The Kier molecular flexibility index (Phi) is 7.97. The van der Waals surface area contributed by atoms with Crippen LogP contribution in [0.25, 0.3) is 0 Å². The summed E-state index contributed by atoms with van der Waals surface area (Å²) in [5, 5.41) is 6.29. The van der Waals surface area contributed by atoms with Gasteiger partial charge in [0.15, 0.2) is 0 Å². The van der Waals surface area contributed by atoms with Crippen LogP contribution in [0, 0.1) is 0 Å². The molecule has 1 aromatic rings. The molecule has 7 nitrogen and oxygen atoms in total. The SMILES string of the molecule is COCCNCC(=O)NCC(=O)N1CCN(c2cccc(Cl)c2)CC1. The fraction of sp³-hybridized carbons (Fsp3) is 0.529. The standard InChI is InChI=1S/C17H25ClN4O3/c1-25-10-5-19-12-16(23)20-13-17(24)22-8-6-21(7-9-22)15-4-2-3-14(18)11-15/h2-4,11,19H,5-10,12-13H2,1H3,(H,20,23). The molecule has 2 N–H and O–H groups in total. The van der Waals surface area contributed by atoms with E-state index in [1.54, 1.807) is 12.0 Å². The Labute approximate surface area is 153 Å². The Morgan fingerprint density at radius 2 is 1.96 bits per heavy atom. The van der Waals surface area contributed by atoms with Crippen molar-refractivity contribution in [2.45, 2.75) is 0 Å². The van der Waals surface area contributed by atoms with Crippen molar-refractivity contribution in [3.8, 4) is 0 Å². The van der Waals surface area contributed by atoms with Gasteiger partial charge >= 0.3 is 0 Å². The third-order valence-electron chi connectivity index (χ3n) is 4.01. The minimum Gasteiger partial charge on any atom is -0.383 e. The molecule has 0 spiro atoms. The molecule has 1 heterocycles. The fourth-order valence-electron chi connectivity index (χ4n) is 2.61. The van der Waals surface area contributed by atoms with E-state index in [-0.39, 0.29) is 24.9 Å². The van der Waals surface area contributed by atoms with Gasteiger partial charge in [-0.15, -0.1) is 0 Å². The number of halogens is 1.